The van der Waals surface area contributed by atoms with E-state index in [4.69, 9.17) is 11.5 Å². The molecule has 0 saturated heterocycles. The molecule has 0 aliphatic rings. The van der Waals surface area contributed by atoms with E-state index in [0.717, 1.165) is 45.4 Å². The molecule has 0 aromatic heterocycles. The van der Waals surface area contributed by atoms with E-state index in [-0.39, 0.29) is 0 Å². The lowest BCUT2D eigenvalue weighted by molar-refractivity contribution is 0.263. The van der Waals surface area contributed by atoms with E-state index in [1.807, 2.05) is 0 Å². The molecule has 0 bridgehead atoms. The van der Waals surface area contributed by atoms with Crippen LogP contribution in [-0.2, 0) is 0 Å². The third-order valence-corrected chi connectivity index (χ3v) is 5.03. The smallest absolute Gasteiger partial charge is 0.000671 e. The van der Waals surface area contributed by atoms with Gasteiger partial charge in [-0.15, -0.1) is 0 Å². The molecule has 0 heterocycles. The van der Waals surface area contributed by atoms with Gasteiger partial charge >= 0.3 is 0 Å². The molecule has 0 saturated carbocycles. The molecule has 0 fully saturated rings. The molecule has 0 amide bonds. The number of hydrogen-bond donors (Lipinski definition) is 2. The zero-order valence-corrected chi connectivity index (χ0v) is 18.3. The molecule has 0 atom stereocenters. The second-order valence-electron chi connectivity index (χ2n) is 7.71. The van der Waals surface area contributed by atoms with Crippen LogP contribution in [0.25, 0.3) is 0 Å². The molecule has 0 radical (unpaired) electrons. The van der Waals surface area contributed by atoms with E-state index in [9.17, 15) is 0 Å². The largest absolute Gasteiger partial charge is 0.330 e. The monoisotopic (exact) mass is 379 g/mol. The van der Waals surface area contributed by atoms with Gasteiger partial charge in [-0.2, -0.15) is 0 Å². The maximum atomic E-state index is 5.64. The molecule has 0 unspecified atom stereocenters. The van der Waals surface area contributed by atoms with Crippen LogP contribution >= 0.6 is 0 Å². The first-order valence-electron chi connectivity index (χ1n) is 11.8. The van der Waals surface area contributed by atoms with E-state index < -0.39 is 0 Å². The van der Waals surface area contributed by atoms with Crippen LogP contribution in [0.2, 0.25) is 0 Å². The highest BCUT2D eigenvalue weighted by molar-refractivity contribution is 4.92. The number of nitrogens with two attached hydrogens (primary N) is 2. The van der Waals surface area contributed by atoms with Crippen molar-refractivity contribution in [1.82, 2.24) is 4.90 Å². The summed E-state index contributed by atoms with van der Waals surface area (Å²) in [6, 6.07) is 0. The fourth-order valence-corrected chi connectivity index (χ4v) is 3.29. The Morgan fingerprint density at radius 1 is 0.556 bits per heavy atom. The Morgan fingerprint density at radius 3 is 1.59 bits per heavy atom. The Hall–Kier alpha value is -0.640. The minimum absolute atomic E-state index is 0.794. The van der Waals surface area contributed by atoms with Gasteiger partial charge in [-0.3, -0.25) is 0 Å². The van der Waals surface area contributed by atoms with E-state index >= 15 is 0 Å². The fourth-order valence-electron chi connectivity index (χ4n) is 3.29. The van der Waals surface area contributed by atoms with Crippen molar-refractivity contribution < 1.29 is 0 Å². The lowest BCUT2D eigenvalue weighted by atomic mass is 10.1. The van der Waals surface area contributed by atoms with Gasteiger partial charge in [-0.1, -0.05) is 69.8 Å². The van der Waals surface area contributed by atoms with Crippen LogP contribution in [-0.4, -0.2) is 37.6 Å². The van der Waals surface area contributed by atoms with Crippen LogP contribution in [0.3, 0.4) is 0 Å². The van der Waals surface area contributed by atoms with Gasteiger partial charge in [-0.25, -0.2) is 0 Å². The highest BCUT2D eigenvalue weighted by Gasteiger charge is 2.03. The van der Waals surface area contributed by atoms with Gasteiger partial charge in [0, 0.05) is 0 Å². The molecule has 0 aromatic rings. The fraction of sp³-hybridized carbons (Fsp3) is 0.833. The molecule has 0 spiro atoms. The predicted molar refractivity (Wildman–Crippen MR) is 123 cm³/mol. The van der Waals surface area contributed by atoms with Crippen LogP contribution in [0.4, 0.5) is 0 Å². The molecule has 3 heteroatoms. The molecular formula is C24H49N3. The summed E-state index contributed by atoms with van der Waals surface area (Å²) in [4.78, 5) is 2.54. The van der Waals surface area contributed by atoms with Gasteiger partial charge in [0.05, 0.1) is 0 Å². The Morgan fingerprint density at radius 2 is 1.04 bits per heavy atom. The zero-order chi connectivity index (χ0) is 19.8. The highest BCUT2D eigenvalue weighted by Crippen LogP contribution is 2.09. The number of hydrogen-bond acceptors (Lipinski definition) is 3. The first-order chi connectivity index (χ1) is 13.3. The average molecular weight is 380 g/mol. The van der Waals surface area contributed by atoms with Crippen molar-refractivity contribution in [2.24, 2.45) is 11.5 Å². The second-order valence-corrected chi connectivity index (χ2v) is 7.71. The first-order valence-corrected chi connectivity index (χ1v) is 11.8. The van der Waals surface area contributed by atoms with Gasteiger partial charge in [0.2, 0.25) is 0 Å². The number of rotatable bonds is 21. The van der Waals surface area contributed by atoms with Gasteiger partial charge < -0.3 is 16.4 Å². The lowest BCUT2D eigenvalue weighted by Crippen LogP contribution is -2.29. The Balaban J connectivity index is 3.41. The van der Waals surface area contributed by atoms with E-state index in [1.54, 1.807) is 0 Å². The van der Waals surface area contributed by atoms with Gasteiger partial charge in [0.25, 0.3) is 0 Å². The van der Waals surface area contributed by atoms with Crippen molar-refractivity contribution in [3.63, 3.8) is 0 Å². The summed E-state index contributed by atoms with van der Waals surface area (Å²) in [5.74, 6) is 0. The van der Waals surface area contributed by atoms with Crippen LogP contribution in [0.5, 0.6) is 0 Å². The topological polar surface area (TPSA) is 55.3 Å². The van der Waals surface area contributed by atoms with Crippen LogP contribution in [0.15, 0.2) is 24.3 Å². The molecular weight excluding hydrogens is 330 g/mol. The minimum atomic E-state index is 0.794. The Kier molecular flexibility index (Phi) is 22.8. The average Bonchev–Trinajstić information content (AvgIpc) is 2.69. The van der Waals surface area contributed by atoms with Gasteiger partial charge in [-0.05, 0) is 84.1 Å². The number of unbranched alkanes of at least 4 members (excludes halogenated alkanes) is 9. The highest BCUT2D eigenvalue weighted by atomic mass is 15.1. The maximum absolute atomic E-state index is 5.64. The molecule has 0 aromatic carbocycles. The normalized spacial score (nSPS) is 12.1. The van der Waals surface area contributed by atoms with Crippen LogP contribution in [0.1, 0.15) is 96.8 Å². The first kappa shape index (κ1) is 26.4. The Bertz CT molecular complexity index is 318. The van der Waals surface area contributed by atoms with Crippen molar-refractivity contribution in [2.45, 2.75) is 96.8 Å². The standard InChI is InChI=1S/C24H49N3/c1-2-3-4-5-6-7-8-9-10-11-12-13-14-15-16-17-22-27(23-18-20-25)24-19-21-26/h6-7,9-10H,2-5,8,11-26H2,1H3/b7-6-,10-9-. The number of nitrogens with zero attached hydrogens (tertiary/aromatic N) is 1. The minimum Gasteiger partial charge on any atom is -0.330 e. The third kappa shape index (κ3) is 21.5. The van der Waals surface area contributed by atoms with Crippen LogP contribution < -0.4 is 11.5 Å². The molecule has 160 valence electrons. The van der Waals surface area contributed by atoms with Gasteiger partial charge in [0.1, 0.15) is 0 Å². The molecule has 27 heavy (non-hydrogen) atoms. The number of allylic oxidation sites excluding steroid dienone is 4. The molecule has 0 rings (SSSR count). The van der Waals surface area contributed by atoms with Gasteiger partial charge in [0.15, 0.2) is 0 Å². The summed E-state index contributed by atoms with van der Waals surface area (Å²) in [6.07, 6.45) is 27.3. The molecule has 0 aliphatic heterocycles. The summed E-state index contributed by atoms with van der Waals surface area (Å²) < 4.78 is 0. The van der Waals surface area contributed by atoms with Crippen molar-refractivity contribution in [2.75, 3.05) is 32.7 Å². The van der Waals surface area contributed by atoms with E-state index in [1.165, 1.54) is 77.2 Å². The van der Waals surface area contributed by atoms with E-state index in [2.05, 4.69) is 36.1 Å². The third-order valence-electron chi connectivity index (χ3n) is 5.03. The summed E-state index contributed by atoms with van der Waals surface area (Å²) >= 11 is 0. The summed E-state index contributed by atoms with van der Waals surface area (Å²) in [5.41, 5.74) is 11.3. The zero-order valence-electron chi connectivity index (χ0n) is 18.3. The molecule has 3 nitrogen and oxygen atoms in total. The predicted octanol–water partition coefficient (Wildman–Crippen LogP) is 5.80. The summed E-state index contributed by atoms with van der Waals surface area (Å²) in [7, 11) is 0. The van der Waals surface area contributed by atoms with Crippen molar-refractivity contribution in [3.05, 3.63) is 24.3 Å². The quantitative estimate of drug-likeness (QED) is 0.196. The second kappa shape index (κ2) is 23.4. The lowest BCUT2D eigenvalue weighted by Gasteiger charge is -2.21. The maximum Gasteiger partial charge on any atom is -0.000671 e. The molecule has 4 N–H and O–H groups in total. The summed E-state index contributed by atoms with van der Waals surface area (Å²) in [5, 5.41) is 0. The molecule has 0 aliphatic carbocycles. The Labute approximate surface area is 170 Å². The SMILES string of the molecule is CCCCC/C=C\C/C=C\CCCCCCCCN(CCCN)CCCN. The van der Waals surface area contributed by atoms with Crippen LogP contribution in [0, 0.1) is 0 Å². The van der Waals surface area contributed by atoms with Crippen molar-refractivity contribution in [1.29, 1.82) is 0 Å². The van der Waals surface area contributed by atoms with E-state index in [0.29, 0.717) is 0 Å². The van der Waals surface area contributed by atoms with Crippen molar-refractivity contribution in [3.8, 4) is 0 Å². The van der Waals surface area contributed by atoms with Crippen molar-refractivity contribution >= 4 is 0 Å². The summed E-state index contributed by atoms with van der Waals surface area (Å²) in [6.45, 7) is 7.34.